The summed E-state index contributed by atoms with van der Waals surface area (Å²) in [7, 11) is 0. The van der Waals surface area contributed by atoms with Gasteiger partial charge in [0.2, 0.25) is 0 Å². The molecule has 2 aromatic rings. The highest BCUT2D eigenvalue weighted by atomic mass is 16.7. The number of aryl methyl sites for hydroxylation is 1. The highest BCUT2D eigenvalue weighted by Gasteiger charge is 2.21. The lowest BCUT2D eigenvalue weighted by Crippen LogP contribution is -2.48. The van der Waals surface area contributed by atoms with Crippen LogP contribution in [0.4, 0.5) is 10.6 Å². The Labute approximate surface area is 189 Å². The van der Waals surface area contributed by atoms with Crippen molar-refractivity contribution in [1.29, 1.82) is 0 Å². The summed E-state index contributed by atoms with van der Waals surface area (Å²) in [6.07, 6.45) is 5.02. The molecule has 0 unspecified atom stereocenters. The zero-order valence-electron chi connectivity index (χ0n) is 18.8. The lowest BCUT2D eigenvalue weighted by Gasteiger charge is -2.33. The average Bonchev–Trinajstić information content (AvgIpc) is 2.83. The van der Waals surface area contributed by atoms with Crippen LogP contribution in [0.15, 0.2) is 48.7 Å². The number of benzene rings is 1. The third-order valence-corrected chi connectivity index (χ3v) is 5.35. The minimum absolute atomic E-state index is 0.107. The fraction of sp³-hybridized carbons (Fsp3) is 0.458. The second-order valence-corrected chi connectivity index (χ2v) is 7.83. The first kappa shape index (κ1) is 23.5. The van der Waals surface area contributed by atoms with Crippen molar-refractivity contribution in [2.45, 2.75) is 32.6 Å². The van der Waals surface area contributed by atoms with Gasteiger partial charge < -0.3 is 20.4 Å². The van der Waals surface area contributed by atoms with E-state index >= 15 is 0 Å². The smallest absolute Gasteiger partial charge is 0.354 e. The minimum Gasteiger partial charge on any atom is -0.354 e. The van der Waals surface area contributed by atoms with E-state index in [1.807, 2.05) is 24.3 Å². The predicted molar refractivity (Wildman–Crippen MR) is 125 cm³/mol. The van der Waals surface area contributed by atoms with Gasteiger partial charge >= 0.3 is 6.09 Å². The highest BCUT2D eigenvalue weighted by molar-refractivity contribution is 5.94. The fourth-order valence-corrected chi connectivity index (χ4v) is 3.47. The van der Waals surface area contributed by atoms with Gasteiger partial charge in [-0.1, -0.05) is 43.7 Å². The van der Waals surface area contributed by atoms with Gasteiger partial charge in [0.25, 0.3) is 5.91 Å². The highest BCUT2D eigenvalue weighted by Crippen LogP contribution is 2.14. The lowest BCUT2D eigenvalue weighted by molar-refractivity contribution is -0.102. The van der Waals surface area contributed by atoms with Gasteiger partial charge in [-0.2, -0.15) is 0 Å². The third-order valence-electron chi connectivity index (χ3n) is 5.35. The number of carbonyl (C=O) groups excluding carboxylic acids is 2. The molecule has 1 aliphatic rings. The summed E-state index contributed by atoms with van der Waals surface area (Å²) in [5.41, 5.74) is 1.83. The van der Waals surface area contributed by atoms with Crippen LogP contribution in [0.25, 0.3) is 0 Å². The first-order valence-corrected chi connectivity index (χ1v) is 11.4. The quantitative estimate of drug-likeness (QED) is 0.554. The van der Waals surface area contributed by atoms with E-state index in [0.29, 0.717) is 44.8 Å². The van der Waals surface area contributed by atoms with Crippen LogP contribution in [0, 0.1) is 0 Å². The van der Waals surface area contributed by atoms with Crippen molar-refractivity contribution >= 4 is 17.8 Å². The fourth-order valence-electron chi connectivity index (χ4n) is 3.47. The molecule has 0 bridgehead atoms. The monoisotopic (exact) mass is 439 g/mol. The Kier molecular flexibility index (Phi) is 9.31. The van der Waals surface area contributed by atoms with Gasteiger partial charge in [0.15, 0.2) is 0 Å². The average molecular weight is 440 g/mol. The number of hydroxylamine groups is 2. The summed E-state index contributed by atoms with van der Waals surface area (Å²) in [5.74, 6) is 0.710. The van der Waals surface area contributed by atoms with Crippen molar-refractivity contribution < 1.29 is 14.4 Å². The number of hydrogen-bond acceptors (Lipinski definition) is 6. The number of amides is 2. The number of unbranched alkanes of at least 4 members (excludes halogenated alkanes) is 1. The van der Waals surface area contributed by atoms with Crippen LogP contribution < -0.4 is 15.5 Å². The molecule has 2 N–H and O–H groups in total. The summed E-state index contributed by atoms with van der Waals surface area (Å²) < 4.78 is 0. The van der Waals surface area contributed by atoms with Gasteiger partial charge in [-0.25, -0.2) is 9.78 Å². The van der Waals surface area contributed by atoms with E-state index < -0.39 is 6.09 Å². The van der Waals surface area contributed by atoms with Gasteiger partial charge in [-0.05, 0) is 37.0 Å². The number of hydrogen-bond donors (Lipinski definition) is 2. The number of rotatable bonds is 10. The second kappa shape index (κ2) is 12.7. The maximum atomic E-state index is 12.4. The molecule has 0 aliphatic carbocycles. The summed E-state index contributed by atoms with van der Waals surface area (Å²) in [6, 6.07) is 13.9. The molecule has 1 aliphatic heterocycles. The summed E-state index contributed by atoms with van der Waals surface area (Å²) in [4.78, 5) is 36.0. The van der Waals surface area contributed by atoms with Crippen LogP contribution in [0.3, 0.4) is 0 Å². The van der Waals surface area contributed by atoms with Crippen molar-refractivity contribution in [3.63, 3.8) is 0 Å². The number of piperazine rings is 1. The van der Waals surface area contributed by atoms with E-state index in [2.05, 4.69) is 39.6 Å². The summed E-state index contributed by atoms with van der Waals surface area (Å²) in [6.45, 7) is 5.93. The van der Waals surface area contributed by atoms with Gasteiger partial charge in [0.1, 0.15) is 5.82 Å². The SMILES string of the molecule is CCCCNC(=O)ON1CCN(c2ccc(C(=O)NCCCc3ccccc3)cn2)CC1. The van der Waals surface area contributed by atoms with E-state index in [9.17, 15) is 9.59 Å². The molecule has 3 rings (SSSR count). The summed E-state index contributed by atoms with van der Waals surface area (Å²) in [5, 5.41) is 7.38. The minimum atomic E-state index is -0.399. The standard InChI is InChI=1S/C24H33N5O3/c1-2-3-13-26-24(31)32-29-17-15-28(16-18-29)22-12-11-21(19-27-22)23(30)25-14-7-10-20-8-5-4-6-9-20/h4-6,8-9,11-12,19H,2-3,7,10,13-18H2,1H3,(H,25,30)(H,26,31). The molecule has 32 heavy (non-hydrogen) atoms. The zero-order chi connectivity index (χ0) is 22.6. The molecule has 0 saturated carbocycles. The second-order valence-electron chi connectivity index (χ2n) is 7.83. The van der Waals surface area contributed by atoms with Crippen LogP contribution in [0.5, 0.6) is 0 Å². The van der Waals surface area contributed by atoms with Crippen LogP contribution in [-0.4, -0.2) is 61.3 Å². The predicted octanol–water partition coefficient (Wildman–Crippen LogP) is 3.01. The maximum Gasteiger partial charge on any atom is 0.426 e. The number of nitrogens with zero attached hydrogens (tertiary/aromatic N) is 3. The van der Waals surface area contributed by atoms with Crippen molar-refractivity contribution in [2.75, 3.05) is 44.2 Å². The molecule has 1 aromatic carbocycles. The Hall–Kier alpha value is -3.13. The lowest BCUT2D eigenvalue weighted by atomic mass is 10.1. The molecule has 1 fully saturated rings. The van der Waals surface area contributed by atoms with Crippen LogP contribution in [0.1, 0.15) is 42.1 Å². The number of carbonyl (C=O) groups is 2. The van der Waals surface area contributed by atoms with Crippen molar-refractivity contribution in [1.82, 2.24) is 20.7 Å². The Balaban J connectivity index is 1.37. The normalized spacial score (nSPS) is 14.1. The molecular formula is C24H33N5O3. The van der Waals surface area contributed by atoms with E-state index in [4.69, 9.17) is 4.84 Å². The molecule has 172 valence electrons. The Bertz CT molecular complexity index is 836. The Morgan fingerprint density at radius 1 is 0.969 bits per heavy atom. The van der Waals surface area contributed by atoms with Crippen LogP contribution in [-0.2, 0) is 11.3 Å². The van der Waals surface area contributed by atoms with Crippen LogP contribution in [0.2, 0.25) is 0 Å². The molecule has 1 aromatic heterocycles. The van der Waals surface area contributed by atoms with Gasteiger partial charge in [-0.15, -0.1) is 5.06 Å². The van der Waals surface area contributed by atoms with E-state index in [1.165, 1.54) is 5.56 Å². The van der Waals surface area contributed by atoms with Crippen molar-refractivity contribution in [3.05, 3.63) is 59.8 Å². The molecule has 0 spiro atoms. The van der Waals surface area contributed by atoms with Crippen molar-refractivity contribution in [3.8, 4) is 0 Å². The van der Waals surface area contributed by atoms with E-state index in [1.54, 1.807) is 17.3 Å². The largest absolute Gasteiger partial charge is 0.426 e. The molecule has 2 heterocycles. The number of nitrogens with one attached hydrogen (secondary N) is 2. The Morgan fingerprint density at radius 3 is 2.41 bits per heavy atom. The Morgan fingerprint density at radius 2 is 1.72 bits per heavy atom. The number of pyridine rings is 1. The van der Waals surface area contributed by atoms with E-state index in [0.717, 1.165) is 31.5 Å². The molecule has 0 radical (unpaired) electrons. The first-order valence-electron chi connectivity index (χ1n) is 11.4. The first-order chi connectivity index (χ1) is 15.7. The topological polar surface area (TPSA) is 86.8 Å². The van der Waals surface area contributed by atoms with Gasteiger partial charge in [0, 0.05) is 32.4 Å². The number of anilines is 1. The van der Waals surface area contributed by atoms with Gasteiger partial charge in [-0.3, -0.25) is 4.79 Å². The summed E-state index contributed by atoms with van der Waals surface area (Å²) >= 11 is 0. The van der Waals surface area contributed by atoms with Crippen molar-refractivity contribution in [2.24, 2.45) is 0 Å². The maximum absolute atomic E-state index is 12.4. The van der Waals surface area contributed by atoms with Gasteiger partial charge in [0.05, 0.1) is 18.7 Å². The zero-order valence-corrected chi connectivity index (χ0v) is 18.8. The molecule has 8 heteroatoms. The molecule has 0 atom stereocenters. The van der Waals surface area contributed by atoms with Crippen LogP contribution >= 0.6 is 0 Å². The molecular weight excluding hydrogens is 406 g/mol. The van der Waals surface area contributed by atoms with E-state index in [-0.39, 0.29) is 5.91 Å². The molecule has 2 amide bonds. The molecule has 1 saturated heterocycles. The number of aromatic nitrogens is 1. The third kappa shape index (κ3) is 7.53. The molecule has 8 nitrogen and oxygen atoms in total.